The van der Waals surface area contributed by atoms with Gasteiger partial charge in [-0.15, -0.1) is 0 Å². The minimum atomic E-state index is -0.0683. The van der Waals surface area contributed by atoms with E-state index in [1.807, 2.05) is 13.8 Å². The molecule has 2 amide bonds. The van der Waals surface area contributed by atoms with Crippen LogP contribution in [0.4, 0.5) is 10.5 Å². The second-order valence-electron chi connectivity index (χ2n) is 2.84. The zero-order valence-corrected chi connectivity index (χ0v) is 8.53. The van der Waals surface area contributed by atoms with Gasteiger partial charge in [-0.1, -0.05) is 0 Å². The van der Waals surface area contributed by atoms with Crippen LogP contribution in [0.3, 0.4) is 0 Å². The van der Waals surface area contributed by atoms with Crippen molar-refractivity contribution in [2.45, 2.75) is 13.8 Å². The number of aromatic nitrogens is 1. The van der Waals surface area contributed by atoms with Crippen LogP contribution in [0.5, 0.6) is 0 Å². The highest BCUT2D eigenvalue weighted by Crippen LogP contribution is 2.04. The van der Waals surface area contributed by atoms with E-state index in [-0.39, 0.29) is 6.03 Å². The van der Waals surface area contributed by atoms with Crippen molar-refractivity contribution in [3.63, 3.8) is 0 Å². The fraction of sp³-hybridized carbons (Fsp3) is 0.400. The summed E-state index contributed by atoms with van der Waals surface area (Å²) in [4.78, 5) is 17.2. The normalized spacial score (nSPS) is 9.57. The average Bonchev–Trinajstić information content (AvgIpc) is 2.21. The molecule has 14 heavy (non-hydrogen) atoms. The van der Waals surface area contributed by atoms with Crippen LogP contribution in [-0.2, 0) is 0 Å². The van der Waals surface area contributed by atoms with E-state index in [1.165, 1.54) is 0 Å². The monoisotopic (exact) mass is 193 g/mol. The second-order valence-corrected chi connectivity index (χ2v) is 2.84. The minimum absolute atomic E-state index is 0.0683. The number of urea groups is 1. The van der Waals surface area contributed by atoms with E-state index in [1.54, 1.807) is 29.4 Å². The van der Waals surface area contributed by atoms with Gasteiger partial charge in [0.15, 0.2) is 0 Å². The summed E-state index contributed by atoms with van der Waals surface area (Å²) in [5, 5.41) is 2.79. The third-order valence-corrected chi connectivity index (χ3v) is 1.98. The number of hydrogen-bond donors (Lipinski definition) is 1. The molecule has 76 valence electrons. The Bertz CT molecular complexity index is 283. The molecule has 0 bridgehead atoms. The Kier molecular flexibility index (Phi) is 3.91. The number of pyridine rings is 1. The van der Waals surface area contributed by atoms with Crippen molar-refractivity contribution in [3.8, 4) is 0 Å². The average molecular weight is 193 g/mol. The first-order chi connectivity index (χ1) is 6.77. The molecule has 0 radical (unpaired) electrons. The number of amides is 2. The largest absolute Gasteiger partial charge is 0.325 e. The Morgan fingerprint density at radius 1 is 1.36 bits per heavy atom. The molecular weight excluding hydrogens is 178 g/mol. The maximum atomic E-state index is 11.6. The molecule has 0 unspecified atom stereocenters. The van der Waals surface area contributed by atoms with Gasteiger partial charge in [-0.25, -0.2) is 4.79 Å². The Morgan fingerprint density at radius 2 is 1.93 bits per heavy atom. The quantitative estimate of drug-likeness (QED) is 0.797. The first-order valence-electron chi connectivity index (χ1n) is 4.73. The molecule has 1 aromatic rings. The number of nitrogens with zero attached hydrogens (tertiary/aromatic N) is 2. The zero-order valence-electron chi connectivity index (χ0n) is 8.53. The van der Waals surface area contributed by atoms with Crippen LogP contribution in [-0.4, -0.2) is 29.0 Å². The van der Waals surface area contributed by atoms with Gasteiger partial charge in [-0.3, -0.25) is 4.98 Å². The molecule has 0 saturated carbocycles. The number of carbonyl (C=O) groups excluding carboxylic acids is 1. The van der Waals surface area contributed by atoms with Crippen molar-refractivity contribution in [1.82, 2.24) is 9.88 Å². The predicted molar refractivity (Wildman–Crippen MR) is 56.2 cm³/mol. The maximum Gasteiger partial charge on any atom is 0.321 e. The molecule has 4 nitrogen and oxygen atoms in total. The molecule has 0 aromatic carbocycles. The van der Waals surface area contributed by atoms with Crippen LogP contribution >= 0.6 is 0 Å². The smallest absolute Gasteiger partial charge is 0.321 e. The Labute approximate surface area is 83.9 Å². The summed E-state index contributed by atoms with van der Waals surface area (Å²) in [5.41, 5.74) is 0.775. The molecule has 4 heteroatoms. The van der Waals surface area contributed by atoms with Crippen LogP contribution in [0.2, 0.25) is 0 Å². The molecule has 0 aliphatic carbocycles. The van der Waals surface area contributed by atoms with E-state index < -0.39 is 0 Å². The summed E-state index contributed by atoms with van der Waals surface area (Å²) in [6, 6.07) is 3.46. The first-order valence-corrected chi connectivity index (χ1v) is 4.73. The van der Waals surface area contributed by atoms with E-state index in [4.69, 9.17) is 0 Å². The van der Waals surface area contributed by atoms with Crippen LogP contribution in [0.1, 0.15) is 13.8 Å². The van der Waals surface area contributed by atoms with Crippen molar-refractivity contribution in [1.29, 1.82) is 0 Å². The number of carbonyl (C=O) groups is 1. The lowest BCUT2D eigenvalue weighted by Crippen LogP contribution is -2.34. The highest BCUT2D eigenvalue weighted by molar-refractivity contribution is 5.89. The summed E-state index contributed by atoms with van der Waals surface area (Å²) < 4.78 is 0. The van der Waals surface area contributed by atoms with E-state index in [9.17, 15) is 4.79 Å². The fourth-order valence-corrected chi connectivity index (χ4v) is 1.15. The van der Waals surface area contributed by atoms with Gasteiger partial charge >= 0.3 is 6.03 Å². The van der Waals surface area contributed by atoms with E-state index in [2.05, 4.69) is 10.3 Å². The van der Waals surface area contributed by atoms with Crippen LogP contribution < -0.4 is 5.32 Å². The summed E-state index contributed by atoms with van der Waals surface area (Å²) in [5.74, 6) is 0. The van der Waals surface area contributed by atoms with Gasteiger partial charge in [0, 0.05) is 31.2 Å². The highest BCUT2D eigenvalue weighted by Gasteiger charge is 2.08. The van der Waals surface area contributed by atoms with Gasteiger partial charge in [0.05, 0.1) is 0 Å². The molecule has 0 saturated heterocycles. The summed E-state index contributed by atoms with van der Waals surface area (Å²) in [6.07, 6.45) is 3.30. The molecule has 0 aliphatic heterocycles. The van der Waals surface area contributed by atoms with Crippen molar-refractivity contribution >= 4 is 11.7 Å². The van der Waals surface area contributed by atoms with E-state index >= 15 is 0 Å². The highest BCUT2D eigenvalue weighted by atomic mass is 16.2. The fourth-order valence-electron chi connectivity index (χ4n) is 1.15. The number of rotatable bonds is 3. The maximum absolute atomic E-state index is 11.6. The first kappa shape index (κ1) is 10.5. The Morgan fingerprint density at radius 3 is 2.43 bits per heavy atom. The van der Waals surface area contributed by atoms with E-state index in [0.29, 0.717) is 13.1 Å². The van der Waals surface area contributed by atoms with Gasteiger partial charge in [-0.05, 0) is 26.0 Å². The van der Waals surface area contributed by atoms with Gasteiger partial charge < -0.3 is 10.2 Å². The van der Waals surface area contributed by atoms with Gasteiger partial charge in [-0.2, -0.15) is 0 Å². The Hall–Kier alpha value is -1.58. The minimum Gasteiger partial charge on any atom is -0.325 e. The molecule has 0 aliphatic rings. The van der Waals surface area contributed by atoms with Crippen molar-refractivity contribution < 1.29 is 4.79 Å². The third kappa shape index (κ3) is 2.73. The lowest BCUT2D eigenvalue weighted by atomic mass is 10.4. The molecular formula is C10H15N3O. The molecule has 0 spiro atoms. The molecule has 1 aromatic heterocycles. The summed E-state index contributed by atoms with van der Waals surface area (Å²) >= 11 is 0. The van der Waals surface area contributed by atoms with Crippen molar-refractivity contribution in [2.75, 3.05) is 18.4 Å². The SMILES string of the molecule is CCN(CC)C(=O)Nc1ccncc1. The molecule has 1 heterocycles. The molecule has 1 N–H and O–H groups in total. The van der Waals surface area contributed by atoms with Gasteiger partial charge in [0.25, 0.3) is 0 Å². The zero-order chi connectivity index (χ0) is 10.4. The lowest BCUT2D eigenvalue weighted by molar-refractivity contribution is 0.217. The molecule has 1 rings (SSSR count). The van der Waals surface area contributed by atoms with Gasteiger partial charge in [0.2, 0.25) is 0 Å². The number of anilines is 1. The second kappa shape index (κ2) is 5.21. The summed E-state index contributed by atoms with van der Waals surface area (Å²) in [6.45, 7) is 5.34. The molecule has 0 fully saturated rings. The van der Waals surface area contributed by atoms with E-state index in [0.717, 1.165) is 5.69 Å². The summed E-state index contributed by atoms with van der Waals surface area (Å²) in [7, 11) is 0. The lowest BCUT2D eigenvalue weighted by Gasteiger charge is -2.18. The van der Waals surface area contributed by atoms with Crippen LogP contribution in [0, 0.1) is 0 Å². The number of nitrogens with one attached hydrogen (secondary N) is 1. The van der Waals surface area contributed by atoms with Crippen LogP contribution in [0.15, 0.2) is 24.5 Å². The standard InChI is InChI=1S/C10H15N3O/c1-3-13(4-2)10(14)12-9-5-7-11-8-6-9/h5-8H,3-4H2,1-2H3,(H,11,12,14). The van der Waals surface area contributed by atoms with Crippen LogP contribution in [0.25, 0.3) is 0 Å². The van der Waals surface area contributed by atoms with Crippen molar-refractivity contribution in [3.05, 3.63) is 24.5 Å². The molecule has 0 atom stereocenters. The third-order valence-electron chi connectivity index (χ3n) is 1.98. The van der Waals surface area contributed by atoms with Gasteiger partial charge in [0.1, 0.15) is 0 Å². The Balaban J connectivity index is 2.57. The van der Waals surface area contributed by atoms with Crippen molar-refractivity contribution in [2.24, 2.45) is 0 Å². The number of hydrogen-bond acceptors (Lipinski definition) is 2. The predicted octanol–water partition coefficient (Wildman–Crippen LogP) is 1.96. The topological polar surface area (TPSA) is 45.2 Å².